The highest BCUT2D eigenvalue weighted by atomic mass is 32.2. The Morgan fingerprint density at radius 3 is 2.81 bits per heavy atom. The molecule has 3 rings (SSSR count). The van der Waals surface area contributed by atoms with Gasteiger partial charge in [-0.25, -0.2) is 18.1 Å². The van der Waals surface area contributed by atoms with Gasteiger partial charge in [-0.2, -0.15) is 0 Å². The molecular weight excluding hydrogens is 310 g/mol. The number of nitrogens with one attached hydrogen (secondary N) is 2. The zero-order valence-corrected chi connectivity index (χ0v) is 12.6. The summed E-state index contributed by atoms with van der Waals surface area (Å²) in [6.07, 6.45) is 3.31. The molecule has 1 aliphatic rings. The summed E-state index contributed by atoms with van der Waals surface area (Å²) in [6, 6.07) is 6.00. The third kappa shape index (κ3) is 3.46. The molecule has 1 saturated carbocycles. The molecule has 1 amide bonds. The molecule has 0 bridgehead atoms. The van der Waals surface area contributed by atoms with Crippen LogP contribution in [0.15, 0.2) is 40.7 Å². The van der Waals surface area contributed by atoms with Crippen LogP contribution in [0.4, 0.5) is 5.13 Å². The molecule has 1 aliphatic carbocycles. The Hall–Kier alpha value is -1.77. The van der Waals surface area contributed by atoms with Crippen LogP contribution in [0.1, 0.15) is 23.2 Å². The van der Waals surface area contributed by atoms with Gasteiger partial charge in [0.1, 0.15) is 0 Å². The lowest BCUT2D eigenvalue weighted by atomic mass is 10.2. The van der Waals surface area contributed by atoms with Gasteiger partial charge in [-0.15, -0.1) is 11.3 Å². The first-order valence-electron chi connectivity index (χ1n) is 6.38. The molecular formula is C13H13N3O3S2. The van der Waals surface area contributed by atoms with Crippen LogP contribution in [0, 0.1) is 0 Å². The van der Waals surface area contributed by atoms with Crippen molar-refractivity contribution in [3.05, 3.63) is 41.4 Å². The normalized spacial score (nSPS) is 14.9. The number of carbonyl (C=O) groups is 1. The van der Waals surface area contributed by atoms with Gasteiger partial charge in [-0.1, -0.05) is 6.07 Å². The van der Waals surface area contributed by atoms with Gasteiger partial charge >= 0.3 is 0 Å². The number of hydrogen-bond donors (Lipinski definition) is 2. The van der Waals surface area contributed by atoms with Crippen molar-refractivity contribution in [2.45, 2.75) is 23.8 Å². The summed E-state index contributed by atoms with van der Waals surface area (Å²) < 4.78 is 26.8. The van der Waals surface area contributed by atoms with Gasteiger partial charge in [0.25, 0.3) is 5.91 Å². The van der Waals surface area contributed by atoms with Crippen molar-refractivity contribution in [3.8, 4) is 0 Å². The van der Waals surface area contributed by atoms with Crippen LogP contribution in [-0.4, -0.2) is 25.4 Å². The molecule has 0 saturated heterocycles. The maximum Gasteiger partial charge on any atom is 0.257 e. The van der Waals surface area contributed by atoms with Crippen molar-refractivity contribution in [2.75, 3.05) is 5.32 Å². The summed E-state index contributed by atoms with van der Waals surface area (Å²) >= 11 is 1.30. The Balaban J connectivity index is 1.80. The minimum Gasteiger partial charge on any atom is -0.298 e. The van der Waals surface area contributed by atoms with Crippen molar-refractivity contribution >= 4 is 32.4 Å². The van der Waals surface area contributed by atoms with E-state index in [0.29, 0.717) is 5.13 Å². The predicted octanol–water partition coefficient (Wildman–Crippen LogP) is 1.84. The fraction of sp³-hybridized carbons (Fsp3) is 0.231. The minimum atomic E-state index is -3.56. The highest BCUT2D eigenvalue weighted by Gasteiger charge is 2.28. The second-order valence-corrected chi connectivity index (χ2v) is 7.32. The van der Waals surface area contributed by atoms with Gasteiger partial charge in [0.2, 0.25) is 10.0 Å². The summed E-state index contributed by atoms with van der Waals surface area (Å²) in [6.45, 7) is 0. The van der Waals surface area contributed by atoms with E-state index in [0.717, 1.165) is 12.8 Å². The number of benzene rings is 1. The zero-order chi connectivity index (χ0) is 14.9. The van der Waals surface area contributed by atoms with Gasteiger partial charge in [-0.3, -0.25) is 10.1 Å². The van der Waals surface area contributed by atoms with Gasteiger partial charge in [0.15, 0.2) is 5.13 Å². The molecule has 1 fully saturated rings. The van der Waals surface area contributed by atoms with Crippen LogP contribution < -0.4 is 10.0 Å². The van der Waals surface area contributed by atoms with E-state index < -0.39 is 10.0 Å². The summed E-state index contributed by atoms with van der Waals surface area (Å²) in [5.74, 6) is -0.381. The standard InChI is InChI=1S/C13H13N3O3S2/c17-12(15-13-14-6-7-20-13)9-2-1-3-11(8-9)21(18,19)16-10-4-5-10/h1-3,6-8,10,16H,4-5H2,(H,14,15,17). The third-order valence-corrected chi connectivity index (χ3v) is 5.17. The number of amides is 1. The molecule has 0 spiro atoms. The SMILES string of the molecule is O=C(Nc1nccs1)c1cccc(S(=O)(=O)NC2CC2)c1. The molecule has 0 atom stereocenters. The average molecular weight is 323 g/mol. The Bertz CT molecular complexity index is 753. The molecule has 110 valence electrons. The zero-order valence-electron chi connectivity index (χ0n) is 10.9. The van der Waals surface area contributed by atoms with Crippen molar-refractivity contribution in [3.63, 3.8) is 0 Å². The van der Waals surface area contributed by atoms with Gasteiger partial charge in [-0.05, 0) is 31.0 Å². The number of thiazole rings is 1. The first kappa shape index (κ1) is 14.2. The average Bonchev–Trinajstić information content (AvgIpc) is 3.11. The summed E-state index contributed by atoms with van der Waals surface area (Å²) in [5.41, 5.74) is 0.281. The van der Waals surface area contributed by atoms with Crippen LogP contribution in [0.5, 0.6) is 0 Å². The number of carbonyl (C=O) groups excluding carboxylic acids is 1. The summed E-state index contributed by atoms with van der Waals surface area (Å²) in [4.78, 5) is 16.1. The molecule has 6 nitrogen and oxygen atoms in total. The Morgan fingerprint density at radius 1 is 1.33 bits per heavy atom. The van der Waals surface area contributed by atoms with Crippen LogP contribution in [0.25, 0.3) is 0 Å². The molecule has 21 heavy (non-hydrogen) atoms. The van der Waals surface area contributed by atoms with Crippen LogP contribution in [-0.2, 0) is 10.0 Å². The van der Waals surface area contributed by atoms with E-state index in [2.05, 4.69) is 15.0 Å². The molecule has 2 aromatic rings. The number of anilines is 1. The second-order valence-electron chi connectivity index (χ2n) is 4.71. The van der Waals surface area contributed by atoms with Gasteiger partial charge in [0, 0.05) is 23.2 Å². The molecule has 0 aliphatic heterocycles. The lowest BCUT2D eigenvalue weighted by molar-refractivity contribution is 0.102. The van der Waals surface area contributed by atoms with E-state index >= 15 is 0 Å². The van der Waals surface area contributed by atoms with Gasteiger partial charge in [0.05, 0.1) is 4.90 Å². The van der Waals surface area contributed by atoms with Crippen LogP contribution >= 0.6 is 11.3 Å². The molecule has 0 unspecified atom stereocenters. The maximum atomic E-state index is 12.1. The number of rotatable bonds is 5. The van der Waals surface area contributed by atoms with Crippen molar-refractivity contribution in [1.29, 1.82) is 0 Å². The lowest BCUT2D eigenvalue weighted by Crippen LogP contribution is -2.26. The van der Waals surface area contributed by atoms with E-state index in [-0.39, 0.29) is 22.4 Å². The number of aromatic nitrogens is 1. The highest BCUT2D eigenvalue weighted by molar-refractivity contribution is 7.89. The number of hydrogen-bond acceptors (Lipinski definition) is 5. The van der Waals surface area contributed by atoms with E-state index in [1.807, 2.05) is 0 Å². The van der Waals surface area contributed by atoms with Gasteiger partial charge < -0.3 is 0 Å². The molecule has 1 heterocycles. The Kier molecular flexibility index (Phi) is 3.75. The first-order valence-corrected chi connectivity index (χ1v) is 8.74. The quantitative estimate of drug-likeness (QED) is 0.879. The van der Waals surface area contributed by atoms with Crippen LogP contribution in [0.2, 0.25) is 0 Å². The van der Waals surface area contributed by atoms with E-state index in [1.54, 1.807) is 23.7 Å². The first-order chi connectivity index (χ1) is 10.0. The van der Waals surface area contributed by atoms with Crippen LogP contribution in [0.3, 0.4) is 0 Å². The molecule has 2 N–H and O–H groups in total. The molecule has 1 aromatic heterocycles. The van der Waals surface area contributed by atoms with Crippen molar-refractivity contribution in [1.82, 2.24) is 9.71 Å². The predicted molar refractivity (Wildman–Crippen MR) is 79.9 cm³/mol. The molecule has 8 heteroatoms. The number of nitrogens with zero attached hydrogens (tertiary/aromatic N) is 1. The van der Waals surface area contributed by atoms with E-state index in [9.17, 15) is 13.2 Å². The molecule has 1 aromatic carbocycles. The van der Waals surface area contributed by atoms with Crippen molar-refractivity contribution in [2.24, 2.45) is 0 Å². The van der Waals surface area contributed by atoms with E-state index in [4.69, 9.17) is 0 Å². The minimum absolute atomic E-state index is 0.0304. The largest absolute Gasteiger partial charge is 0.298 e. The monoisotopic (exact) mass is 323 g/mol. The molecule has 0 radical (unpaired) electrons. The highest BCUT2D eigenvalue weighted by Crippen LogP contribution is 2.22. The lowest BCUT2D eigenvalue weighted by Gasteiger charge is -2.07. The summed E-state index contributed by atoms with van der Waals surface area (Å²) in [5, 5.41) is 4.85. The fourth-order valence-corrected chi connectivity index (χ4v) is 3.62. The topological polar surface area (TPSA) is 88.2 Å². The van der Waals surface area contributed by atoms with Crippen molar-refractivity contribution < 1.29 is 13.2 Å². The smallest absolute Gasteiger partial charge is 0.257 e. The fourth-order valence-electron chi connectivity index (χ4n) is 1.75. The Labute approximate surface area is 126 Å². The third-order valence-electron chi connectivity index (χ3n) is 2.96. The van der Waals surface area contributed by atoms with E-state index in [1.165, 1.54) is 23.5 Å². The maximum absolute atomic E-state index is 12.1. The number of sulfonamides is 1. The Morgan fingerprint density at radius 2 is 2.14 bits per heavy atom. The second kappa shape index (κ2) is 5.55. The summed E-state index contributed by atoms with van der Waals surface area (Å²) in [7, 11) is -3.56.